The van der Waals surface area contributed by atoms with Gasteiger partial charge in [-0.2, -0.15) is 5.26 Å². The van der Waals surface area contributed by atoms with E-state index in [1.165, 1.54) is 31.7 Å². The van der Waals surface area contributed by atoms with Gasteiger partial charge in [0.05, 0.1) is 5.69 Å². The molecule has 18 heavy (non-hydrogen) atoms. The Morgan fingerprint density at radius 2 is 1.94 bits per heavy atom. The van der Waals surface area contributed by atoms with Crippen molar-refractivity contribution in [3.8, 4) is 6.07 Å². The SMILES string of the molecule is N#Cc1c(F)cccc1NCC(C1CC1)C1CC1. The summed E-state index contributed by atoms with van der Waals surface area (Å²) in [4.78, 5) is 0. The predicted molar refractivity (Wildman–Crippen MR) is 68.5 cm³/mol. The summed E-state index contributed by atoms with van der Waals surface area (Å²) >= 11 is 0. The van der Waals surface area contributed by atoms with E-state index >= 15 is 0 Å². The van der Waals surface area contributed by atoms with Crippen LogP contribution in [0.25, 0.3) is 0 Å². The third-order valence-electron chi connectivity index (χ3n) is 4.11. The van der Waals surface area contributed by atoms with Crippen LogP contribution in [0.5, 0.6) is 0 Å². The Morgan fingerprint density at radius 1 is 1.28 bits per heavy atom. The van der Waals surface area contributed by atoms with E-state index < -0.39 is 5.82 Å². The largest absolute Gasteiger partial charge is 0.384 e. The molecule has 3 heteroatoms. The lowest BCUT2D eigenvalue weighted by atomic mass is 9.97. The zero-order chi connectivity index (χ0) is 12.5. The van der Waals surface area contributed by atoms with E-state index in [-0.39, 0.29) is 5.56 Å². The smallest absolute Gasteiger partial charge is 0.143 e. The summed E-state index contributed by atoms with van der Waals surface area (Å²) in [7, 11) is 0. The van der Waals surface area contributed by atoms with E-state index in [1.807, 2.05) is 6.07 Å². The van der Waals surface area contributed by atoms with Crippen molar-refractivity contribution in [2.24, 2.45) is 17.8 Å². The highest BCUT2D eigenvalue weighted by atomic mass is 19.1. The standard InChI is InChI=1S/C15H17FN2/c16-14-2-1-3-15(12(14)8-17)18-9-13(10-4-5-10)11-6-7-11/h1-3,10-11,13,18H,4-7,9H2. The monoisotopic (exact) mass is 244 g/mol. The molecule has 94 valence electrons. The molecule has 3 rings (SSSR count). The Balaban J connectivity index is 1.69. The lowest BCUT2D eigenvalue weighted by Crippen LogP contribution is -2.18. The van der Waals surface area contributed by atoms with Crippen LogP contribution >= 0.6 is 0 Å². The van der Waals surface area contributed by atoms with Crippen LogP contribution in [0.1, 0.15) is 31.2 Å². The Labute approximate surface area is 107 Å². The van der Waals surface area contributed by atoms with Crippen LogP contribution in [-0.2, 0) is 0 Å². The molecular weight excluding hydrogens is 227 g/mol. The van der Waals surface area contributed by atoms with Crippen LogP contribution < -0.4 is 5.32 Å². The number of nitriles is 1. The van der Waals surface area contributed by atoms with E-state index in [9.17, 15) is 4.39 Å². The lowest BCUT2D eigenvalue weighted by Gasteiger charge is -2.17. The molecule has 0 amide bonds. The molecule has 1 aromatic rings. The molecule has 0 aliphatic heterocycles. The first-order valence-electron chi connectivity index (χ1n) is 6.72. The number of nitrogens with zero attached hydrogens (tertiary/aromatic N) is 1. The van der Waals surface area contributed by atoms with Gasteiger partial charge in [-0.3, -0.25) is 0 Å². The van der Waals surface area contributed by atoms with Crippen molar-refractivity contribution >= 4 is 5.69 Å². The molecule has 0 spiro atoms. The zero-order valence-electron chi connectivity index (χ0n) is 10.3. The van der Waals surface area contributed by atoms with Gasteiger partial charge >= 0.3 is 0 Å². The fourth-order valence-electron chi connectivity index (χ4n) is 2.78. The van der Waals surface area contributed by atoms with Crippen molar-refractivity contribution in [2.75, 3.05) is 11.9 Å². The van der Waals surface area contributed by atoms with Crippen molar-refractivity contribution in [1.29, 1.82) is 5.26 Å². The molecule has 1 N–H and O–H groups in total. The molecule has 0 aromatic heterocycles. The number of nitrogens with one attached hydrogen (secondary N) is 1. The Kier molecular flexibility index (Phi) is 2.95. The summed E-state index contributed by atoms with van der Waals surface area (Å²) in [6.45, 7) is 0.882. The molecule has 2 saturated carbocycles. The molecule has 2 aliphatic carbocycles. The number of hydrogen-bond acceptors (Lipinski definition) is 2. The fourth-order valence-corrected chi connectivity index (χ4v) is 2.78. The minimum absolute atomic E-state index is 0.142. The molecule has 2 nitrogen and oxygen atoms in total. The first-order chi connectivity index (χ1) is 8.79. The second-order valence-electron chi connectivity index (χ2n) is 5.49. The normalized spacial score (nSPS) is 18.7. The van der Waals surface area contributed by atoms with Crippen molar-refractivity contribution in [1.82, 2.24) is 0 Å². The summed E-state index contributed by atoms with van der Waals surface area (Å²) in [6, 6.07) is 6.72. The molecule has 0 radical (unpaired) electrons. The van der Waals surface area contributed by atoms with Crippen molar-refractivity contribution in [2.45, 2.75) is 25.7 Å². The van der Waals surface area contributed by atoms with Crippen molar-refractivity contribution in [3.63, 3.8) is 0 Å². The average Bonchev–Trinajstić information content (AvgIpc) is 3.24. The molecule has 0 heterocycles. The molecular formula is C15H17FN2. The van der Waals surface area contributed by atoms with E-state index in [2.05, 4.69) is 5.32 Å². The highest BCUT2D eigenvalue weighted by molar-refractivity contribution is 5.57. The van der Waals surface area contributed by atoms with Crippen molar-refractivity contribution < 1.29 is 4.39 Å². The summed E-state index contributed by atoms with van der Waals surface area (Å²) in [6.07, 6.45) is 5.38. The minimum atomic E-state index is -0.433. The fraction of sp³-hybridized carbons (Fsp3) is 0.533. The minimum Gasteiger partial charge on any atom is -0.384 e. The number of rotatable bonds is 5. The van der Waals surface area contributed by atoms with Gasteiger partial charge in [-0.1, -0.05) is 6.07 Å². The van der Waals surface area contributed by atoms with E-state index in [0.717, 1.165) is 24.3 Å². The number of benzene rings is 1. The molecule has 0 saturated heterocycles. The van der Waals surface area contributed by atoms with Crippen LogP contribution in [0.2, 0.25) is 0 Å². The second kappa shape index (κ2) is 4.61. The molecule has 2 aliphatic rings. The van der Waals surface area contributed by atoms with Crippen LogP contribution in [0.3, 0.4) is 0 Å². The number of hydrogen-bond donors (Lipinski definition) is 1. The predicted octanol–water partition coefficient (Wildman–Crippen LogP) is 3.55. The van der Waals surface area contributed by atoms with Gasteiger partial charge in [0.2, 0.25) is 0 Å². The van der Waals surface area contributed by atoms with Gasteiger partial charge in [-0.15, -0.1) is 0 Å². The van der Waals surface area contributed by atoms with E-state index in [0.29, 0.717) is 5.69 Å². The van der Waals surface area contributed by atoms with E-state index in [4.69, 9.17) is 5.26 Å². The summed E-state index contributed by atoms with van der Waals surface area (Å²) in [5, 5.41) is 12.3. The average molecular weight is 244 g/mol. The Hall–Kier alpha value is -1.56. The van der Waals surface area contributed by atoms with Gasteiger partial charge in [-0.25, -0.2) is 4.39 Å². The number of anilines is 1. The summed E-state index contributed by atoms with van der Waals surface area (Å²) < 4.78 is 13.5. The molecule has 2 fully saturated rings. The first-order valence-corrected chi connectivity index (χ1v) is 6.72. The topological polar surface area (TPSA) is 35.8 Å². The van der Waals surface area contributed by atoms with Gasteiger partial charge in [0.25, 0.3) is 0 Å². The highest BCUT2D eigenvalue weighted by Gasteiger charge is 2.41. The molecule has 1 aromatic carbocycles. The van der Waals surface area contributed by atoms with Crippen LogP contribution in [0, 0.1) is 34.9 Å². The zero-order valence-corrected chi connectivity index (χ0v) is 10.3. The Morgan fingerprint density at radius 3 is 2.50 bits per heavy atom. The van der Waals surface area contributed by atoms with Gasteiger partial charge in [-0.05, 0) is 55.6 Å². The molecule has 0 unspecified atom stereocenters. The summed E-state index contributed by atoms with van der Waals surface area (Å²) in [5.74, 6) is 2.02. The lowest BCUT2D eigenvalue weighted by molar-refractivity contribution is 0.428. The van der Waals surface area contributed by atoms with E-state index in [1.54, 1.807) is 12.1 Å². The van der Waals surface area contributed by atoms with Crippen LogP contribution in [0.15, 0.2) is 18.2 Å². The highest BCUT2D eigenvalue weighted by Crippen LogP contribution is 2.49. The number of halogens is 1. The van der Waals surface area contributed by atoms with Crippen LogP contribution in [0.4, 0.5) is 10.1 Å². The quantitative estimate of drug-likeness (QED) is 0.859. The van der Waals surface area contributed by atoms with Gasteiger partial charge in [0.1, 0.15) is 17.4 Å². The third kappa shape index (κ3) is 2.33. The first kappa shape index (κ1) is 11.5. The maximum Gasteiger partial charge on any atom is 0.143 e. The maximum atomic E-state index is 13.5. The third-order valence-corrected chi connectivity index (χ3v) is 4.11. The van der Waals surface area contributed by atoms with Gasteiger partial charge in [0, 0.05) is 6.54 Å². The maximum absolute atomic E-state index is 13.5. The van der Waals surface area contributed by atoms with Crippen LogP contribution in [-0.4, -0.2) is 6.54 Å². The molecule has 0 bridgehead atoms. The van der Waals surface area contributed by atoms with Gasteiger partial charge in [0.15, 0.2) is 0 Å². The van der Waals surface area contributed by atoms with Gasteiger partial charge < -0.3 is 5.32 Å². The Bertz CT molecular complexity index is 472. The molecule has 0 atom stereocenters. The second-order valence-corrected chi connectivity index (χ2v) is 5.49. The van der Waals surface area contributed by atoms with Crippen molar-refractivity contribution in [3.05, 3.63) is 29.6 Å². The summed E-state index contributed by atoms with van der Waals surface area (Å²) in [5.41, 5.74) is 0.784.